The van der Waals surface area contributed by atoms with Gasteiger partial charge in [0.05, 0.1) is 22.8 Å². The van der Waals surface area contributed by atoms with Gasteiger partial charge in [0.1, 0.15) is 0 Å². The number of nitrogens with zero attached hydrogens (tertiary/aromatic N) is 3. The Morgan fingerprint density at radius 2 is 1.91 bits per heavy atom. The van der Waals surface area contributed by atoms with Gasteiger partial charge < -0.3 is 10.1 Å². The van der Waals surface area contributed by atoms with Gasteiger partial charge in [-0.2, -0.15) is 5.26 Å². The molecule has 0 radical (unpaired) electrons. The van der Waals surface area contributed by atoms with E-state index in [1.165, 1.54) is 0 Å². The first-order valence-corrected chi connectivity index (χ1v) is 12.6. The number of rotatable bonds is 7. The maximum absolute atomic E-state index is 13.4. The molecule has 2 N–H and O–H groups in total. The van der Waals surface area contributed by atoms with Crippen LogP contribution in [0.5, 0.6) is 0 Å². The smallest absolute Gasteiger partial charge is 0.209 e. The molecule has 1 aromatic carbocycles. The van der Waals surface area contributed by atoms with Crippen LogP contribution in [0.25, 0.3) is 0 Å². The Kier molecular flexibility index (Phi) is 8.42. The SMILES string of the molecule is COC1CCC(C(C)C)CC1S(=O)(=O)c1ccc(CN=C(NC#N)Nc2ccncc2)cc1. The fourth-order valence-corrected chi connectivity index (χ4v) is 6.21. The average molecular weight is 470 g/mol. The van der Waals surface area contributed by atoms with E-state index in [0.717, 1.165) is 24.1 Å². The third-order valence-corrected chi connectivity index (χ3v) is 8.43. The van der Waals surface area contributed by atoms with Gasteiger partial charge in [0, 0.05) is 25.2 Å². The van der Waals surface area contributed by atoms with Crippen LogP contribution in [0.3, 0.4) is 0 Å². The molecule has 33 heavy (non-hydrogen) atoms. The van der Waals surface area contributed by atoms with Gasteiger partial charge in [0.15, 0.2) is 16.0 Å². The Morgan fingerprint density at radius 1 is 1.21 bits per heavy atom. The van der Waals surface area contributed by atoms with Crippen LogP contribution in [0.1, 0.15) is 38.7 Å². The van der Waals surface area contributed by atoms with Crippen LogP contribution in [0, 0.1) is 23.3 Å². The van der Waals surface area contributed by atoms with Gasteiger partial charge in [-0.15, -0.1) is 0 Å². The summed E-state index contributed by atoms with van der Waals surface area (Å²) in [5, 5.41) is 14.0. The second-order valence-electron chi connectivity index (χ2n) is 8.58. The molecule has 9 heteroatoms. The molecular weight excluding hydrogens is 438 g/mol. The number of sulfone groups is 1. The lowest BCUT2D eigenvalue weighted by molar-refractivity contribution is 0.0526. The molecule has 2 aromatic rings. The van der Waals surface area contributed by atoms with Crippen molar-refractivity contribution >= 4 is 21.5 Å². The lowest BCUT2D eigenvalue weighted by Crippen LogP contribution is -2.42. The summed E-state index contributed by atoms with van der Waals surface area (Å²) in [5.41, 5.74) is 1.57. The average Bonchev–Trinajstić information content (AvgIpc) is 2.83. The number of hydrogen-bond donors (Lipinski definition) is 2. The maximum atomic E-state index is 13.4. The minimum atomic E-state index is -3.52. The van der Waals surface area contributed by atoms with E-state index in [-0.39, 0.29) is 12.6 Å². The first-order valence-electron chi connectivity index (χ1n) is 11.1. The number of nitriles is 1. The molecular formula is C24H31N5O3S. The summed E-state index contributed by atoms with van der Waals surface area (Å²) in [4.78, 5) is 8.65. The number of pyridine rings is 1. The molecule has 1 aliphatic carbocycles. The highest BCUT2D eigenvalue weighted by atomic mass is 32.2. The molecule has 176 valence electrons. The van der Waals surface area contributed by atoms with Crippen molar-refractivity contribution in [1.29, 1.82) is 5.26 Å². The molecule has 3 unspecified atom stereocenters. The maximum Gasteiger partial charge on any atom is 0.209 e. The Balaban J connectivity index is 1.74. The Hall–Kier alpha value is -2.96. The van der Waals surface area contributed by atoms with E-state index in [2.05, 4.69) is 34.5 Å². The molecule has 0 aliphatic heterocycles. The number of anilines is 1. The Morgan fingerprint density at radius 3 is 2.52 bits per heavy atom. The molecule has 1 aromatic heterocycles. The van der Waals surface area contributed by atoms with Crippen LogP contribution in [-0.2, 0) is 21.1 Å². The predicted molar refractivity (Wildman–Crippen MR) is 128 cm³/mol. The topological polar surface area (TPSA) is 116 Å². The van der Waals surface area contributed by atoms with Crippen molar-refractivity contribution in [2.75, 3.05) is 12.4 Å². The first kappa shape index (κ1) is 24.7. The summed E-state index contributed by atoms with van der Waals surface area (Å²) in [6.45, 7) is 4.58. The normalized spacial score (nSPS) is 21.4. The van der Waals surface area contributed by atoms with Crippen molar-refractivity contribution in [1.82, 2.24) is 10.3 Å². The van der Waals surface area contributed by atoms with Gasteiger partial charge >= 0.3 is 0 Å². The summed E-state index contributed by atoms with van der Waals surface area (Å²) < 4.78 is 32.4. The molecule has 8 nitrogen and oxygen atoms in total. The van der Waals surface area contributed by atoms with E-state index in [9.17, 15) is 8.42 Å². The summed E-state index contributed by atoms with van der Waals surface area (Å²) in [6.07, 6.45) is 7.22. The van der Waals surface area contributed by atoms with Crippen molar-refractivity contribution < 1.29 is 13.2 Å². The largest absolute Gasteiger partial charge is 0.380 e. The van der Waals surface area contributed by atoms with Crippen LogP contribution in [-0.4, -0.2) is 37.8 Å². The Bertz CT molecular complexity index is 1080. The molecule has 3 rings (SSSR count). The second kappa shape index (κ2) is 11.3. The zero-order valence-corrected chi connectivity index (χ0v) is 20.0. The molecule has 0 spiro atoms. The van der Waals surface area contributed by atoms with Gasteiger partial charge in [-0.25, -0.2) is 13.4 Å². The van der Waals surface area contributed by atoms with Crippen LogP contribution < -0.4 is 10.6 Å². The summed E-state index contributed by atoms with van der Waals surface area (Å²) in [7, 11) is -1.93. The van der Waals surface area contributed by atoms with Crippen molar-refractivity contribution in [2.45, 2.75) is 55.9 Å². The molecule has 0 bridgehead atoms. The second-order valence-corrected chi connectivity index (χ2v) is 10.7. The Labute approximate surface area is 196 Å². The quantitative estimate of drug-likeness (QED) is 0.275. The van der Waals surface area contributed by atoms with E-state index in [4.69, 9.17) is 10.00 Å². The zero-order chi connectivity index (χ0) is 23.8. The molecule has 0 amide bonds. The number of benzene rings is 1. The molecule has 1 aliphatic rings. The first-order chi connectivity index (χ1) is 15.8. The van der Waals surface area contributed by atoms with Gasteiger partial charge in [-0.3, -0.25) is 10.3 Å². The van der Waals surface area contributed by atoms with Crippen LogP contribution in [0.4, 0.5) is 5.69 Å². The minimum absolute atomic E-state index is 0.280. The number of aliphatic imine (C=N–C) groups is 1. The summed E-state index contributed by atoms with van der Waals surface area (Å²) in [6, 6.07) is 10.3. The van der Waals surface area contributed by atoms with Crippen molar-refractivity contribution in [2.24, 2.45) is 16.8 Å². The van der Waals surface area contributed by atoms with Crippen LogP contribution in [0.2, 0.25) is 0 Å². The van der Waals surface area contributed by atoms with E-state index in [1.54, 1.807) is 55.9 Å². The lowest BCUT2D eigenvalue weighted by atomic mass is 9.80. The monoisotopic (exact) mass is 469 g/mol. The highest BCUT2D eigenvalue weighted by molar-refractivity contribution is 7.92. The number of aromatic nitrogens is 1. The third-order valence-electron chi connectivity index (χ3n) is 6.20. The number of methoxy groups -OCH3 is 1. The molecule has 3 atom stereocenters. The van der Waals surface area contributed by atoms with Crippen molar-refractivity contribution in [3.8, 4) is 6.19 Å². The van der Waals surface area contributed by atoms with E-state index < -0.39 is 15.1 Å². The van der Waals surface area contributed by atoms with Crippen LogP contribution >= 0.6 is 0 Å². The summed E-state index contributed by atoms with van der Waals surface area (Å²) >= 11 is 0. The standard InChI is InChI=1S/C24H31N5O3S/c1-17(2)19-6-9-22(32-3)23(14-19)33(30,31)21-7-4-18(5-8-21)15-27-24(28-16-25)29-20-10-12-26-13-11-20/h4-5,7-8,10-13,17,19,22-23H,6,9,14-15H2,1-3H3,(H2,26,27,28,29). The lowest BCUT2D eigenvalue weighted by Gasteiger charge is -2.36. The molecule has 1 saturated carbocycles. The fourth-order valence-electron chi connectivity index (χ4n) is 4.20. The predicted octanol–water partition coefficient (Wildman–Crippen LogP) is 3.73. The van der Waals surface area contributed by atoms with Crippen molar-refractivity contribution in [3.05, 3.63) is 54.4 Å². The van der Waals surface area contributed by atoms with E-state index in [0.29, 0.717) is 29.1 Å². The van der Waals surface area contributed by atoms with Crippen molar-refractivity contribution in [3.63, 3.8) is 0 Å². The highest BCUT2D eigenvalue weighted by Gasteiger charge is 2.40. The molecule has 0 saturated heterocycles. The number of ether oxygens (including phenoxy) is 1. The van der Waals surface area contributed by atoms with E-state index >= 15 is 0 Å². The third kappa shape index (κ3) is 6.30. The number of nitrogens with one attached hydrogen (secondary N) is 2. The summed E-state index contributed by atoms with van der Waals surface area (Å²) in [5.74, 6) is 1.12. The van der Waals surface area contributed by atoms with Gasteiger partial charge in [0.2, 0.25) is 5.96 Å². The molecule has 1 fully saturated rings. The van der Waals surface area contributed by atoms with Crippen LogP contribution in [0.15, 0.2) is 58.7 Å². The highest BCUT2D eigenvalue weighted by Crippen LogP contribution is 2.37. The van der Waals surface area contributed by atoms with Gasteiger partial charge in [-0.05, 0) is 60.9 Å². The number of guanidine groups is 1. The zero-order valence-electron chi connectivity index (χ0n) is 19.2. The van der Waals surface area contributed by atoms with E-state index in [1.807, 2.05) is 6.19 Å². The number of hydrogen-bond acceptors (Lipinski definition) is 6. The van der Waals surface area contributed by atoms with Gasteiger partial charge in [0.25, 0.3) is 0 Å². The fraction of sp³-hybridized carbons (Fsp3) is 0.458. The van der Waals surface area contributed by atoms with Gasteiger partial charge in [-0.1, -0.05) is 26.0 Å². The molecule has 1 heterocycles. The minimum Gasteiger partial charge on any atom is -0.380 e.